The van der Waals surface area contributed by atoms with E-state index in [1.165, 1.54) is 0 Å². The lowest BCUT2D eigenvalue weighted by Gasteiger charge is -2.31. The third-order valence-corrected chi connectivity index (χ3v) is 1.90. The lowest BCUT2D eigenvalue weighted by molar-refractivity contribution is 0.0376. The molecule has 1 saturated heterocycles. The summed E-state index contributed by atoms with van der Waals surface area (Å²) < 4.78 is 5.24. The molecule has 0 spiro atoms. The highest BCUT2D eigenvalue weighted by atomic mass is 16.5. The van der Waals surface area contributed by atoms with Crippen LogP contribution in [0.15, 0.2) is 17.3 Å². The highest BCUT2D eigenvalue weighted by Gasteiger charge is 2.20. The van der Waals surface area contributed by atoms with Crippen LogP contribution in [-0.2, 0) is 4.74 Å². The van der Waals surface area contributed by atoms with Gasteiger partial charge in [0.05, 0.1) is 13.2 Å². The first kappa shape index (κ1) is 7.76. The summed E-state index contributed by atoms with van der Waals surface area (Å²) in [5.41, 5.74) is 0. The predicted octanol–water partition coefficient (Wildman–Crippen LogP) is -0.0467. The van der Waals surface area contributed by atoms with Crippen LogP contribution in [0.1, 0.15) is 0 Å². The van der Waals surface area contributed by atoms with Crippen molar-refractivity contribution < 1.29 is 4.74 Å². The van der Waals surface area contributed by atoms with E-state index in [-0.39, 0.29) is 0 Å². The molecule has 0 aromatic rings. The maximum atomic E-state index is 5.24. The molecular weight excluding hydrogens is 154 g/mol. The second-order valence-electron chi connectivity index (χ2n) is 2.70. The zero-order valence-electron chi connectivity index (χ0n) is 6.86. The van der Waals surface area contributed by atoms with Gasteiger partial charge in [-0.05, 0) is 6.08 Å². The van der Waals surface area contributed by atoms with Crippen molar-refractivity contribution in [2.75, 3.05) is 26.3 Å². The summed E-state index contributed by atoms with van der Waals surface area (Å²) in [4.78, 5) is 6.40. The number of allylic oxidation sites excluding steroid dienone is 1. The Morgan fingerprint density at radius 2 is 2.25 bits per heavy atom. The molecule has 1 radical (unpaired) electrons. The monoisotopic (exact) mass is 166 g/mol. The largest absolute Gasteiger partial charge is 0.379 e. The molecule has 0 aromatic carbocycles. The molecule has 0 amide bonds. The van der Waals surface area contributed by atoms with E-state index in [9.17, 15) is 0 Å². The molecular formula is C8H12N3O. The molecule has 0 aliphatic carbocycles. The number of nitrogens with zero attached hydrogens (tertiary/aromatic N) is 2. The molecule has 1 N–H and O–H groups in total. The zero-order valence-corrected chi connectivity index (χ0v) is 6.86. The normalized spacial score (nSPS) is 25.7. The first-order valence-electron chi connectivity index (χ1n) is 4.12. The van der Waals surface area contributed by atoms with E-state index in [4.69, 9.17) is 4.74 Å². The third-order valence-electron chi connectivity index (χ3n) is 1.90. The highest BCUT2D eigenvalue weighted by Crippen LogP contribution is 2.10. The van der Waals surface area contributed by atoms with Gasteiger partial charge in [-0.2, -0.15) is 0 Å². The molecule has 65 valence electrons. The third kappa shape index (κ3) is 1.65. The smallest absolute Gasteiger partial charge is 0.247 e. The Kier molecular flexibility index (Phi) is 2.39. The van der Waals surface area contributed by atoms with E-state index >= 15 is 0 Å². The van der Waals surface area contributed by atoms with Gasteiger partial charge in [-0.1, -0.05) is 0 Å². The van der Waals surface area contributed by atoms with Crippen LogP contribution in [0.3, 0.4) is 0 Å². The quantitative estimate of drug-likeness (QED) is 0.593. The highest BCUT2D eigenvalue weighted by molar-refractivity contribution is 5.72. The lowest BCUT2D eigenvalue weighted by Crippen LogP contribution is -2.43. The summed E-state index contributed by atoms with van der Waals surface area (Å²) in [6.07, 6.45) is 6.49. The molecule has 0 atom stereocenters. The fourth-order valence-electron chi connectivity index (χ4n) is 1.26. The summed E-state index contributed by atoms with van der Waals surface area (Å²) in [6, 6.07) is 0. The van der Waals surface area contributed by atoms with Gasteiger partial charge in [0.25, 0.3) is 0 Å². The van der Waals surface area contributed by atoms with Crippen molar-refractivity contribution in [1.82, 2.24) is 10.2 Å². The fourth-order valence-corrected chi connectivity index (χ4v) is 1.26. The van der Waals surface area contributed by atoms with Gasteiger partial charge in [0.15, 0.2) is 0 Å². The molecule has 2 aliphatic heterocycles. The van der Waals surface area contributed by atoms with E-state index in [1.807, 2.05) is 12.3 Å². The number of nitrogens with one attached hydrogen (secondary N) is 1. The summed E-state index contributed by atoms with van der Waals surface area (Å²) in [5.74, 6) is 0. The lowest BCUT2D eigenvalue weighted by atomic mass is 10.4. The Labute approximate surface area is 71.9 Å². The maximum absolute atomic E-state index is 5.24. The zero-order chi connectivity index (χ0) is 8.23. The fraction of sp³-hybridized carbons (Fsp3) is 0.500. The van der Waals surface area contributed by atoms with Crippen molar-refractivity contribution in [2.45, 2.75) is 0 Å². The second kappa shape index (κ2) is 3.69. The van der Waals surface area contributed by atoms with Gasteiger partial charge < -0.3 is 10.1 Å². The number of morpholine rings is 1. The van der Waals surface area contributed by atoms with Gasteiger partial charge >= 0.3 is 0 Å². The van der Waals surface area contributed by atoms with E-state index in [1.54, 1.807) is 6.21 Å². The summed E-state index contributed by atoms with van der Waals surface area (Å²) in [6.45, 7) is 3.44. The Bertz CT molecular complexity index is 196. The van der Waals surface area contributed by atoms with Gasteiger partial charge in [-0.3, -0.25) is 4.90 Å². The van der Waals surface area contributed by atoms with Crippen molar-refractivity contribution in [2.24, 2.45) is 4.99 Å². The Balaban J connectivity index is 1.90. The van der Waals surface area contributed by atoms with E-state index in [2.05, 4.69) is 15.2 Å². The van der Waals surface area contributed by atoms with Crippen molar-refractivity contribution in [3.05, 3.63) is 18.6 Å². The van der Waals surface area contributed by atoms with Gasteiger partial charge in [0.2, 0.25) is 6.29 Å². The predicted molar refractivity (Wildman–Crippen MR) is 46.4 cm³/mol. The summed E-state index contributed by atoms with van der Waals surface area (Å²) in [7, 11) is 0. The molecule has 1 fully saturated rings. The minimum absolute atomic E-state index is 0.796. The molecule has 0 aromatic heterocycles. The number of rotatable bonds is 1. The average Bonchev–Trinajstić information content (AvgIpc) is 2.21. The van der Waals surface area contributed by atoms with Gasteiger partial charge in [-0.15, -0.1) is 0 Å². The Morgan fingerprint density at radius 3 is 2.92 bits per heavy atom. The summed E-state index contributed by atoms with van der Waals surface area (Å²) >= 11 is 0. The van der Waals surface area contributed by atoms with Crippen LogP contribution in [0.4, 0.5) is 0 Å². The first-order valence-corrected chi connectivity index (χ1v) is 4.12. The molecule has 0 unspecified atom stereocenters. The van der Waals surface area contributed by atoms with E-state index < -0.39 is 0 Å². The van der Waals surface area contributed by atoms with Crippen LogP contribution in [0.25, 0.3) is 0 Å². The molecule has 2 rings (SSSR count). The van der Waals surface area contributed by atoms with Crippen LogP contribution in [-0.4, -0.2) is 37.4 Å². The topological polar surface area (TPSA) is 36.9 Å². The van der Waals surface area contributed by atoms with Gasteiger partial charge in [-0.25, -0.2) is 4.99 Å². The Hall–Kier alpha value is -0.870. The standard InChI is InChI=1S/C8H12N3O/c1-2-9-8(10-3-1)11-4-6-12-7-5-11/h1-3,9H,4-7H2. The van der Waals surface area contributed by atoms with Crippen LogP contribution in [0.5, 0.6) is 0 Å². The molecule has 2 heterocycles. The van der Waals surface area contributed by atoms with Gasteiger partial charge in [0.1, 0.15) is 0 Å². The van der Waals surface area contributed by atoms with Crippen molar-refractivity contribution >= 4 is 6.21 Å². The molecule has 4 nitrogen and oxygen atoms in total. The minimum Gasteiger partial charge on any atom is -0.379 e. The number of aliphatic imine (C=N–C) groups is 1. The second-order valence-corrected chi connectivity index (χ2v) is 2.70. The van der Waals surface area contributed by atoms with Crippen LogP contribution in [0.2, 0.25) is 0 Å². The van der Waals surface area contributed by atoms with Crippen molar-refractivity contribution in [3.8, 4) is 0 Å². The van der Waals surface area contributed by atoms with Crippen LogP contribution in [0, 0.1) is 6.29 Å². The molecule has 4 heteroatoms. The average molecular weight is 166 g/mol. The SMILES string of the molecule is C1=CN[C](N2CCOCC2)N=C1. The molecule has 0 bridgehead atoms. The number of hydrogen-bond acceptors (Lipinski definition) is 4. The molecule has 0 saturated carbocycles. The van der Waals surface area contributed by atoms with Crippen molar-refractivity contribution in [3.63, 3.8) is 0 Å². The first-order chi connectivity index (χ1) is 5.97. The maximum Gasteiger partial charge on any atom is 0.247 e. The van der Waals surface area contributed by atoms with Crippen molar-refractivity contribution in [1.29, 1.82) is 0 Å². The minimum atomic E-state index is 0.796. The van der Waals surface area contributed by atoms with Crippen LogP contribution < -0.4 is 5.32 Å². The van der Waals surface area contributed by atoms with Gasteiger partial charge in [0, 0.05) is 25.5 Å². The van der Waals surface area contributed by atoms with E-state index in [0.29, 0.717) is 0 Å². The van der Waals surface area contributed by atoms with E-state index in [0.717, 1.165) is 32.6 Å². The number of ether oxygens (including phenoxy) is 1. The van der Waals surface area contributed by atoms with Crippen LogP contribution >= 0.6 is 0 Å². The number of hydrogen-bond donors (Lipinski definition) is 1. The summed E-state index contributed by atoms with van der Waals surface area (Å²) in [5, 5.41) is 3.10. The molecule has 12 heavy (non-hydrogen) atoms. The Morgan fingerprint density at radius 1 is 1.42 bits per heavy atom. The molecule has 2 aliphatic rings.